The highest BCUT2D eigenvalue weighted by Gasteiger charge is 1.97. The summed E-state index contributed by atoms with van der Waals surface area (Å²) >= 11 is 0. The van der Waals surface area contributed by atoms with Crippen molar-refractivity contribution in [1.82, 2.24) is 5.90 Å². The molecule has 0 amide bonds. The summed E-state index contributed by atoms with van der Waals surface area (Å²) in [5.74, 6) is 5.61. The van der Waals surface area contributed by atoms with Crippen molar-refractivity contribution in [3.8, 4) is 0 Å². The SMILES string of the molecule is CCOC(=O)CO[NH]. The van der Waals surface area contributed by atoms with E-state index < -0.39 is 5.97 Å². The molecular weight excluding hydrogens is 110 g/mol. The van der Waals surface area contributed by atoms with Gasteiger partial charge in [0.05, 0.1) is 6.61 Å². The number of carbonyl (C=O) groups is 1. The van der Waals surface area contributed by atoms with Gasteiger partial charge < -0.3 is 4.74 Å². The van der Waals surface area contributed by atoms with Gasteiger partial charge in [-0.3, -0.25) is 4.84 Å². The molecule has 4 heteroatoms. The first-order chi connectivity index (χ1) is 3.81. The number of carbonyl (C=O) groups excluding carboxylic acids is 1. The lowest BCUT2D eigenvalue weighted by atomic mass is 10.7. The lowest BCUT2D eigenvalue weighted by molar-refractivity contribution is -0.149. The van der Waals surface area contributed by atoms with Crippen LogP contribution in [-0.4, -0.2) is 19.2 Å². The van der Waals surface area contributed by atoms with Gasteiger partial charge in [-0.05, 0) is 6.92 Å². The van der Waals surface area contributed by atoms with Crippen LogP contribution in [-0.2, 0) is 14.4 Å². The van der Waals surface area contributed by atoms with E-state index in [0.717, 1.165) is 0 Å². The fraction of sp³-hybridized carbons (Fsp3) is 0.750. The quantitative estimate of drug-likeness (QED) is 0.379. The van der Waals surface area contributed by atoms with E-state index in [1.165, 1.54) is 0 Å². The van der Waals surface area contributed by atoms with Gasteiger partial charge in [-0.25, -0.2) is 4.79 Å². The summed E-state index contributed by atoms with van der Waals surface area (Å²) in [5.41, 5.74) is 0. The maximum Gasteiger partial charge on any atom is 0.334 e. The van der Waals surface area contributed by atoms with Crippen molar-refractivity contribution in [3.05, 3.63) is 0 Å². The molecule has 0 rings (SSSR count). The van der Waals surface area contributed by atoms with Gasteiger partial charge in [-0.1, -0.05) is 0 Å². The molecule has 0 aromatic carbocycles. The lowest BCUT2D eigenvalue weighted by Gasteiger charge is -1.96. The van der Waals surface area contributed by atoms with Crippen molar-refractivity contribution < 1.29 is 14.4 Å². The molecule has 0 saturated heterocycles. The molecule has 0 aliphatic heterocycles. The van der Waals surface area contributed by atoms with Crippen LogP contribution < -0.4 is 5.90 Å². The van der Waals surface area contributed by atoms with Gasteiger partial charge in [-0.15, -0.1) is 5.90 Å². The van der Waals surface area contributed by atoms with Crippen LogP contribution in [0.2, 0.25) is 0 Å². The molecule has 0 bridgehead atoms. The molecule has 0 spiro atoms. The summed E-state index contributed by atoms with van der Waals surface area (Å²) in [6, 6.07) is 0. The van der Waals surface area contributed by atoms with E-state index in [0.29, 0.717) is 6.61 Å². The van der Waals surface area contributed by atoms with Crippen LogP contribution in [0.25, 0.3) is 0 Å². The molecule has 1 radical (unpaired) electrons. The highest BCUT2D eigenvalue weighted by atomic mass is 16.6. The second-order valence-electron chi connectivity index (χ2n) is 1.09. The van der Waals surface area contributed by atoms with Crippen molar-refractivity contribution in [2.75, 3.05) is 13.2 Å². The minimum Gasteiger partial charge on any atom is -0.464 e. The Hall–Kier alpha value is -0.610. The molecule has 4 nitrogen and oxygen atoms in total. The molecule has 0 saturated carbocycles. The van der Waals surface area contributed by atoms with Crippen molar-refractivity contribution in [3.63, 3.8) is 0 Å². The fourth-order valence-corrected chi connectivity index (χ4v) is 0.262. The molecule has 0 aliphatic rings. The average molecular weight is 118 g/mol. The zero-order valence-corrected chi connectivity index (χ0v) is 4.64. The summed E-state index contributed by atoms with van der Waals surface area (Å²) in [6.45, 7) is 1.75. The van der Waals surface area contributed by atoms with Crippen molar-refractivity contribution in [2.45, 2.75) is 6.92 Å². The van der Waals surface area contributed by atoms with Crippen LogP contribution in [0.15, 0.2) is 0 Å². The first kappa shape index (κ1) is 7.39. The Labute approximate surface area is 47.5 Å². The van der Waals surface area contributed by atoms with E-state index in [1.54, 1.807) is 6.92 Å². The molecular formula is C4H8NO3. The van der Waals surface area contributed by atoms with Gasteiger partial charge in [0.2, 0.25) is 0 Å². The minimum atomic E-state index is -0.498. The maximum atomic E-state index is 10.2. The number of ether oxygens (including phenoxy) is 1. The predicted octanol–water partition coefficient (Wildman–Crippen LogP) is -0.236. The summed E-state index contributed by atoms with van der Waals surface area (Å²) in [4.78, 5) is 13.9. The Morgan fingerprint density at radius 1 is 1.75 bits per heavy atom. The van der Waals surface area contributed by atoms with Gasteiger partial charge in [0.15, 0.2) is 6.61 Å². The van der Waals surface area contributed by atoms with Crippen LogP contribution in [0, 0.1) is 0 Å². The Kier molecular flexibility index (Phi) is 4.20. The molecule has 0 aromatic rings. The molecule has 0 heterocycles. The normalized spacial score (nSPS) is 8.75. The van der Waals surface area contributed by atoms with E-state index in [1.807, 2.05) is 0 Å². The molecule has 0 aliphatic carbocycles. The van der Waals surface area contributed by atoms with Crippen LogP contribution in [0.3, 0.4) is 0 Å². The second-order valence-corrected chi connectivity index (χ2v) is 1.09. The topological polar surface area (TPSA) is 59.3 Å². The molecule has 8 heavy (non-hydrogen) atoms. The van der Waals surface area contributed by atoms with Gasteiger partial charge in [0.1, 0.15) is 0 Å². The fourth-order valence-electron chi connectivity index (χ4n) is 0.262. The summed E-state index contributed by atoms with van der Waals surface area (Å²) < 4.78 is 4.40. The zero-order chi connectivity index (χ0) is 6.41. The summed E-state index contributed by atoms with van der Waals surface area (Å²) in [5, 5.41) is 0. The second kappa shape index (κ2) is 4.55. The Morgan fingerprint density at radius 3 is 2.75 bits per heavy atom. The van der Waals surface area contributed by atoms with Crippen LogP contribution in [0.1, 0.15) is 6.92 Å². The number of nitrogens with one attached hydrogen (secondary N) is 1. The van der Waals surface area contributed by atoms with Gasteiger partial charge in [0.25, 0.3) is 0 Å². The van der Waals surface area contributed by atoms with E-state index in [-0.39, 0.29) is 6.61 Å². The number of hydrogen-bond donors (Lipinski definition) is 0. The van der Waals surface area contributed by atoms with Gasteiger partial charge >= 0.3 is 5.97 Å². The smallest absolute Gasteiger partial charge is 0.334 e. The van der Waals surface area contributed by atoms with Crippen molar-refractivity contribution >= 4 is 5.97 Å². The molecule has 0 aromatic heterocycles. The number of hydrogen-bond acceptors (Lipinski definition) is 3. The van der Waals surface area contributed by atoms with Crippen LogP contribution in [0.5, 0.6) is 0 Å². The number of rotatable bonds is 3. The summed E-state index contributed by atoms with van der Waals surface area (Å²) in [7, 11) is 0. The monoisotopic (exact) mass is 118 g/mol. The highest BCUT2D eigenvalue weighted by molar-refractivity contribution is 5.70. The average Bonchev–Trinajstić information content (AvgIpc) is 1.68. The lowest BCUT2D eigenvalue weighted by Crippen LogP contribution is -2.11. The van der Waals surface area contributed by atoms with E-state index in [2.05, 4.69) is 9.57 Å². The van der Waals surface area contributed by atoms with Crippen molar-refractivity contribution in [2.24, 2.45) is 0 Å². The Morgan fingerprint density at radius 2 is 2.38 bits per heavy atom. The third kappa shape index (κ3) is 3.58. The molecule has 1 N–H and O–H groups in total. The van der Waals surface area contributed by atoms with Gasteiger partial charge in [-0.2, -0.15) is 0 Å². The summed E-state index contributed by atoms with van der Waals surface area (Å²) in [6.07, 6.45) is 0. The third-order valence-corrected chi connectivity index (χ3v) is 0.495. The van der Waals surface area contributed by atoms with Crippen molar-refractivity contribution in [1.29, 1.82) is 0 Å². The first-order valence-electron chi connectivity index (χ1n) is 2.25. The predicted molar refractivity (Wildman–Crippen MR) is 25.7 cm³/mol. The van der Waals surface area contributed by atoms with E-state index in [4.69, 9.17) is 5.90 Å². The maximum absolute atomic E-state index is 10.2. The zero-order valence-electron chi connectivity index (χ0n) is 4.64. The van der Waals surface area contributed by atoms with Crippen LogP contribution in [0.4, 0.5) is 0 Å². The molecule has 0 atom stereocenters. The molecule has 0 fully saturated rings. The van der Waals surface area contributed by atoms with Gasteiger partial charge in [0, 0.05) is 0 Å². The third-order valence-electron chi connectivity index (χ3n) is 0.495. The first-order valence-corrected chi connectivity index (χ1v) is 2.25. The standard InChI is InChI=1S/C4H8NO3/c1-2-7-4(6)3-8-5/h5H,2-3H2,1H3. The number of esters is 1. The van der Waals surface area contributed by atoms with Crippen LogP contribution >= 0.6 is 0 Å². The largest absolute Gasteiger partial charge is 0.464 e. The molecule has 47 valence electrons. The highest BCUT2D eigenvalue weighted by Crippen LogP contribution is 1.75. The Balaban J connectivity index is 3.06. The molecule has 0 unspecified atom stereocenters. The van der Waals surface area contributed by atoms with E-state index in [9.17, 15) is 4.79 Å². The Bertz CT molecular complexity index is 65.7. The minimum absolute atomic E-state index is 0.284. The van der Waals surface area contributed by atoms with E-state index >= 15 is 0 Å².